The number of aryl methyl sites for hydroxylation is 1. The van der Waals surface area contributed by atoms with Crippen LogP contribution < -0.4 is 5.32 Å². The van der Waals surface area contributed by atoms with E-state index in [0.717, 1.165) is 22.9 Å². The summed E-state index contributed by atoms with van der Waals surface area (Å²) in [7, 11) is 0. The van der Waals surface area contributed by atoms with E-state index in [1.165, 1.54) is 6.20 Å². The van der Waals surface area contributed by atoms with Crippen LogP contribution in [-0.4, -0.2) is 21.7 Å². The minimum atomic E-state index is -0.881. The number of nitrogens with one attached hydrogen (secondary N) is 1. The summed E-state index contributed by atoms with van der Waals surface area (Å²) in [5.41, 5.74) is 2.43. The van der Waals surface area contributed by atoms with Crippen molar-refractivity contribution in [3.8, 4) is 6.07 Å². The van der Waals surface area contributed by atoms with E-state index in [1.807, 2.05) is 19.1 Å². The summed E-state index contributed by atoms with van der Waals surface area (Å²) < 4.78 is 14.2. The third kappa shape index (κ3) is 3.21. The Morgan fingerprint density at radius 1 is 1.38 bits per heavy atom. The van der Waals surface area contributed by atoms with Gasteiger partial charge in [0.25, 0.3) is 0 Å². The molecule has 146 valence electrons. The van der Waals surface area contributed by atoms with Crippen LogP contribution >= 0.6 is 0 Å². The van der Waals surface area contributed by atoms with E-state index in [1.54, 1.807) is 19.2 Å². The molecule has 0 bridgehead atoms. The van der Waals surface area contributed by atoms with Gasteiger partial charge in [-0.25, -0.2) is 4.39 Å². The van der Waals surface area contributed by atoms with Crippen LogP contribution in [0.25, 0.3) is 6.08 Å². The molecule has 0 spiro atoms. The largest absolute Gasteiger partial charge is 0.347 e. The maximum atomic E-state index is 14.2. The fourth-order valence-electron chi connectivity index (χ4n) is 3.86. The first kappa shape index (κ1) is 18.9. The van der Waals surface area contributed by atoms with Gasteiger partial charge in [0.15, 0.2) is 5.78 Å². The maximum absolute atomic E-state index is 14.2. The molecule has 2 aromatic heterocycles. The van der Waals surface area contributed by atoms with Crippen LogP contribution in [0.1, 0.15) is 53.9 Å². The van der Waals surface area contributed by atoms with Crippen LogP contribution in [-0.2, 0) is 16.0 Å². The molecule has 1 atom stereocenters. The summed E-state index contributed by atoms with van der Waals surface area (Å²) in [5, 5.41) is 11.6. The summed E-state index contributed by atoms with van der Waals surface area (Å²) in [6.07, 6.45) is 6.14. The molecule has 7 heteroatoms. The van der Waals surface area contributed by atoms with Crippen molar-refractivity contribution in [3.63, 3.8) is 0 Å². The van der Waals surface area contributed by atoms with Crippen LogP contribution in [0.3, 0.4) is 0 Å². The van der Waals surface area contributed by atoms with Gasteiger partial charge in [-0.3, -0.25) is 19.6 Å². The highest BCUT2D eigenvalue weighted by molar-refractivity contribution is 6.11. The van der Waals surface area contributed by atoms with Gasteiger partial charge in [-0.1, -0.05) is 0 Å². The fourth-order valence-corrected chi connectivity index (χ4v) is 3.86. The summed E-state index contributed by atoms with van der Waals surface area (Å²) >= 11 is 0. The number of nitrogens with zero attached hydrogens (tertiary/aromatic N) is 3. The average Bonchev–Trinajstić information content (AvgIpc) is 3.49. The molecular formula is C22H19FN4O2. The van der Waals surface area contributed by atoms with E-state index >= 15 is 0 Å². The molecule has 1 amide bonds. The number of carbonyl (C=O) groups is 2. The number of amides is 1. The van der Waals surface area contributed by atoms with Gasteiger partial charge in [-0.2, -0.15) is 5.26 Å². The van der Waals surface area contributed by atoms with Crippen molar-refractivity contribution < 1.29 is 14.0 Å². The van der Waals surface area contributed by atoms with Crippen molar-refractivity contribution >= 4 is 17.8 Å². The quantitative estimate of drug-likeness (QED) is 0.866. The average molecular weight is 390 g/mol. The number of carbonyl (C=O) groups excluding carboxylic acids is 2. The summed E-state index contributed by atoms with van der Waals surface area (Å²) in [4.78, 5) is 34.1. The van der Waals surface area contributed by atoms with Crippen LogP contribution in [0.4, 0.5) is 4.39 Å². The van der Waals surface area contributed by atoms with Crippen molar-refractivity contribution in [1.82, 2.24) is 15.3 Å². The van der Waals surface area contributed by atoms with E-state index in [-0.39, 0.29) is 29.4 Å². The molecule has 0 aromatic carbocycles. The van der Waals surface area contributed by atoms with Gasteiger partial charge in [-0.15, -0.1) is 0 Å². The molecule has 1 N–H and O–H groups in total. The molecule has 0 radical (unpaired) electrons. The normalized spacial score (nSPS) is 17.6. The van der Waals surface area contributed by atoms with Gasteiger partial charge < -0.3 is 5.32 Å². The molecule has 2 aromatic rings. The lowest BCUT2D eigenvalue weighted by Gasteiger charge is -2.24. The van der Waals surface area contributed by atoms with Crippen LogP contribution in [0.2, 0.25) is 0 Å². The number of halogens is 1. The molecule has 4 rings (SSSR count). The van der Waals surface area contributed by atoms with Crippen LogP contribution in [0.15, 0.2) is 30.1 Å². The first-order valence-electron chi connectivity index (χ1n) is 9.42. The number of nitriles is 1. The second kappa shape index (κ2) is 6.89. The molecule has 6 nitrogen and oxygen atoms in total. The monoisotopic (exact) mass is 390 g/mol. The number of hydrogen-bond acceptors (Lipinski definition) is 5. The summed E-state index contributed by atoms with van der Waals surface area (Å²) in [6, 6.07) is 4.06. The third-order valence-electron chi connectivity index (χ3n) is 5.68. The maximum Gasteiger partial charge on any atom is 0.231 e. The molecule has 2 aliphatic rings. The topological polar surface area (TPSA) is 95.7 Å². The zero-order valence-corrected chi connectivity index (χ0v) is 16.1. The van der Waals surface area contributed by atoms with Gasteiger partial charge in [-0.05, 0) is 56.0 Å². The molecular weight excluding hydrogens is 371 g/mol. The van der Waals surface area contributed by atoms with Crippen molar-refractivity contribution in [3.05, 3.63) is 64.0 Å². The van der Waals surface area contributed by atoms with E-state index in [2.05, 4.69) is 15.3 Å². The number of fused-ring (bicyclic) bond motifs is 1. The number of hydrogen-bond donors (Lipinski definition) is 1. The lowest BCUT2D eigenvalue weighted by atomic mass is 9.82. The number of aromatic nitrogens is 2. The summed E-state index contributed by atoms with van der Waals surface area (Å²) in [5.74, 6) is -1.02. The Hall–Kier alpha value is -3.40. The lowest BCUT2D eigenvalue weighted by molar-refractivity contribution is -0.127. The number of Topliss-reactive ketones (excluding diaryl/α,β-unsaturated/α-hetero) is 1. The molecule has 2 aliphatic carbocycles. The Bertz CT molecular complexity index is 1110. The first-order valence-corrected chi connectivity index (χ1v) is 9.42. The fraction of sp³-hybridized carbons (Fsp3) is 0.318. The van der Waals surface area contributed by atoms with Gasteiger partial charge in [0.05, 0.1) is 22.7 Å². The Morgan fingerprint density at radius 2 is 2.14 bits per heavy atom. The van der Waals surface area contributed by atoms with E-state index < -0.39 is 17.3 Å². The Kier molecular flexibility index (Phi) is 4.50. The van der Waals surface area contributed by atoms with Gasteiger partial charge in [0, 0.05) is 30.1 Å². The molecule has 1 fully saturated rings. The lowest BCUT2D eigenvalue weighted by Crippen LogP contribution is -2.38. The van der Waals surface area contributed by atoms with Crippen LogP contribution in [0, 0.1) is 29.5 Å². The molecule has 2 heterocycles. The third-order valence-corrected chi connectivity index (χ3v) is 5.68. The first-order chi connectivity index (χ1) is 13.9. The minimum Gasteiger partial charge on any atom is -0.347 e. The van der Waals surface area contributed by atoms with Crippen molar-refractivity contribution in [2.75, 3.05) is 0 Å². The smallest absolute Gasteiger partial charge is 0.231 e. The van der Waals surface area contributed by atoms with E-state index in [4.69, 9.17) is 5.26 Å². The highest BCUT2D eigenvalue weighted by Gasteiger charge is 2.55. The second-order valence-electron chi connectivity index (χ2n) is 7.61. The zero-order valence-electron chi connectivity index (χ0n) is 16.1. The Labute approximate surface area is 167 Å². The minimum absolute atomic E-state index is 0.0579. The van der Waals surface area contributed by atoms with Gasteiger partial charge >= 0.3 is 0 Å². The molecule has 0 saturated heterocycles. The molecule has 29 heavy (non-hydrogen) atoms. The van der Waals surface area contributed by atoms with Crippen LogP contribution in [0.5, 0.6) is 0 Å². The van der Waals surface area contributed by atoms with Crippen molar-refractivity contribution in [1.29, 1.82) is 5.26 Å². The highest BCUT2D eigenvalue weighted by Crippen LogP contribution is 2.54. The Balaban J connectivity index is 1.60. The summed E-state index contributed by atoms with van der Waals surface area (Å²) in [6.45, 7) is 3.51. The van der Waals surface area contributed by atoms with E-state index in [9.17, 15) is 14.0 Å². The molecule has 1 saturated carbocycles. The standard InChI is InChI=1S/C22H19FN4O2/c1-12-16-9-17(19(28)8-15(16)3-6-25-12)22(4-5-22)21(29)27-13(2)20-18(23)7-14(10-24)11-26-20/h3,6-7,9,11,13H,4-5,8H2,1-2H3,(H,27,29)/t13-/m0/s1. The van der Waals surface area contributed by atoms with Gasteiger partial charge in [0.2, 0.25) is 5.91 Å². The number of ketones is 1. The second-order valence-corrected chi connectivity index (χ2v) is 7.61. The number of pyridine rings is 2. The highest BCUT2D eigenvalue weighted by atomic mass is 19.1. The number of rotatable bonds is 4. The molecule has 0 unspecified atom stereocenters. The SMILES string of the molecule is Cc1nccc2c1C=C(C1(C(=O)N[C@@H](C)c3ncc(C#N)cc3F)CC1)C(=O)C2. The van der Waals surface area contributed by atoms with Crippen molar-refractivity contribution in [2.24, 2.45) is 5.41 Å². The van der Waals surface area contributed by atoms with Crippen molar-refractivity contribution in [2.45, 2.75) is 39.2 Å². The zero-order chi connectivity index (χ0) is 20.8. The predicted molar refractivity (Wildman–Crippen MR) is 103 cm³/mol. The Morgan fingerprint density at radius 3 is 2.79 bits per heavy atom. The molecule has 0 aliphatic heterocycles. The predicted octanol–water partition coefficient (Wildman–Crippen LogP) is 2.96. The van der Waals surface area contributed by atoms with Gasteiger partial charge in [0.1, 0.15) is 11.9 Å². The van der Waals surface area contributed by atoms with E-state index in [0.29, 0.717) is 18.4 Å².